The van der Waals surface area contributed by atoms with E-state index in [2.05, 4.69) is 63.7 Å². The van der Waals surface area contributed by atoms with Crippen LogP contribution in [0.25, 0.3) is 0 Å². The van der Waals surface area contributed by atoms with Gasteiger partial charge in [0.05, 0.1) is 10.7 Å². The summed E-state index contributed by atoms with van der Waals surface area (Å²) < 4.78 is 6.39. The summed E-state index contributed by atoms with van der Waals surface area (Å²) in [5, 5.41) is 0. The largest absolute Gasteiger partial charge is 0.469 e. The Bertz CT molecular complexity index is 206. The molecule has 56 valence electrons. The molecule has 1 heterocycles. The van der Waals surface area contributed by atoms with Crippen LogP contribution in [0.5, 0.6) is 0 Å². The van der Waals surface area contributed by atoms with Crippen LogP contribution < -0.4 is 0 Å². The quantitative estimate of drug-likeness (QED) is 0.562. The average molecular weight is 398 g/mol. The van der Waals surface area contributed by atoms with Gasteiger partial charge in [-0.25, -0.2) is 0 Å². The topological polar surface area (TPSA) is 9.23 Å². The first-order valence-corrected chi connectivity index (χ1v) is 5.49. The first-order valence-electron chi connectivity index (χ1n) is 2.32. The molecule has 0 saturated carbocycles. The third-order valence-electron chi connectivity index (χ3n) is 0.896. The fraction of sp³-hybridized carbons (Fsp3) is 0.200. The molecule has 0 N–H and O–H groups in total. The summed E-state index contributed by atoms with van der Waals surface area (Å²) >= 11 is 13.3. The van der Waals surface area contributed by atoms with Crippen molar-refractivity contribution in [2.24, 2.45) is 0 Å². The number of allylic oxidation sites excluding steroid dienone is 2. The van der Waals surface area contributed by atoms with E-state index >= 15 is 0 Å². The van der Waals surface area contributed by atoms with Crippen molar-refractivity contribution in [1.29, 1.82) is 0 Å². The predicted molar refractivity (Wildman–Crippen MR) is 55.7 cm³/mol. The lowest BCUT2D eigenvalue weighted by Gasteiger charge is -2.23. The molecule has 1 rings (SSSR count). The van der Waals surface area contributed by atoms with E-state index in [1.54, 1.807) is 6.26 Å². The van der Waals surface area contributed by atoms with E-state index in [0.717, 1.165) is 8.96 Å². The first-order chi connectivity index (χ1) is 4.54. The minimum atomic E-state index is -0.604. The van der Waals surface area contributed by atoms with E-state index in [-0.39, 0.29) is 0 Å². The Morgan fingerprint density at radius 3 is 2.30 bits per heavy atom. The fourth-order valence-corrected chi connectivity index (χ4v) is 2.23. The van der Waals surface area contributed by atoms with Crippen LogP contribution in [0, 0.1) is 0 Å². The smallest absolute Gasteiger partial charge is 0.250 e. The van der Waals surface area contributed by atoms with E-state index in [9.17, 15) is 0 Å². The normalized spacial score (nSPS) is 22.8. The second kappa shape index (κ2) is 3.29. The van der Waals surface area contributed by atoms with Crippen LogP contribution in [-0.2, 0) is 4.74 Å². The fourth-order valence-electron chi connectivity index (χ4n) is 0.443. The number of halogens is 4. The molecule has 0 radical (unpaired) electrons. The molecule has 1 nitrogen and oxygen atoms in total. The lowest BCUT2D eigenvalue weighted by molar-refractivity contribution is 0.239. The highest BCUT2D eigenvalue weighted by molar-refractivity contribution is 9.26. The molecule has 0 saturated heterocycles. The van der Waals surface area contributed by atoms with Gasteiger partial charge in [0.25, 0.3) is 0 Å². The van der Waals surface area contributed by atoms with Gasteiger partial charge in [0.15, 0.2) is 0 Å². The van der Waals surface area contributed by atoms with Crippen molar-refractivity contribution < 1.29 is 4.74 Å². The zero-order chi connectivity index (χ0) is 7.78. The summed E-state index contributed by atoms with van der Waals surface area (Å²) in [5.41, 5.74) is 0. The van der Waals surface area contributed by atoms with Gasteiger partial charge in [-0.05, 0) is 69.8 Å². The Kier molecular flexibility index (Phi) is 3.06. The molecule has 5 heteroatoms. The molecule has 0 aliphatic carbocycles. The molecule has 0 spiro atoms. The molecule has 0 bridgehead atoms. The van der Waals surface area contributed by atoms with Gasteiger partial charge in [-0.3, -0.25) is 0 Å². The van der Waals surface area contributed by atoms with Crippen LogP contribution in [0.4, 0.5) is 0 Å². The second-order valence-electron chi connectivity index (χ2n) is 1.60. The van der Waals surface area contributed by atoms with E-state index in [0.29, 0.717) is 0 Å². The van der Waals surface area contributed by atoms with Gasteiger partial charge < -0.3 is 4.74 Å². The molecule has 0 aromatic rings. The minimum Gasteiger partial charge on any atom is -0.469 e. The molecule has 0 aromatic heterocycles. The first kappa shape index (κ1) is 9.29. The zero-order valence-corrected chi connectivity index (χ0v) is 10.9. The number of alkyl halides is 2. The maximum atomic E-state index is 5.17. The number of ether oxygens (including phenoxy) is 1. The highest BCUT2D eigenvalue weighted by Crippen LogP contribution is 2.45. The van der Waals surface area contributed by atoms with Crippen molar-refractivity contribution in [3.05, 3.63) is 21.3 Å². The summed E-state index contributed by atoms with van der Waals surface area (Å²) in [6, 6.07) is 0. The maximum absolute atomic E-state index is 5.17. The predicted octanol–water partition coefficient (Wildman–Crippen LogP) is 3.98. The minimum absolute atomic E-state index is 0.604. The van der Waals surface area contributed by atoms with Crippen LogP contribution in [0.3, 0.4) is 0 Å². The van der Waals surface area contributed by atoms with Crippen molar-refractivity contribution >= 4 is 63.7 Å². The van der Waals surface area contributed by atoms with E-state index < -0.39 is 3.42 Å². The third-order valence-corrected chi connectivity index (χ3v) is 5.31. The Morgan fingerprint density at radius 2 is 1.90 bits per heavy atom. The Morgan fingerprint density at radius 1 is 1.30 bits per heavy atom. The summed E-state index contributed by atoms with van der Waals surface area (Å²) in [7, 11) is 0. The highest BCUT2D eigenvalue weighted by atomic mass is 79.9. The molecule has 0 aromatic carbocycles. The van der Waals surface area contributed by atoms with Crippen molar-refractivity contribution in [2.45, 2.75) is 3.42 Å². The zero-order valence-electron chi connectivity index (χ0n) is 4.57. The van der Waals surface area contributed by atoms with E-state index in [4.69, 9.17) is 4.74 Å². The standard InChI is InChI=1S/C5H2Br4O/c6-3-1-2-10-5(8,9)4(3)7/h1-2H. The highest BCUT2D eigenvalue weighted by Gasteiger charge is 2.31. The lowest BCUT2D eigenvalue weighted by atomic mass is 10.4. The molecule has 1 aliphatic rings. The van der Waals surface area contributed by atoms with Crippen molar-refractivity contribution in [1.82, 2.24) is 0 Å². The average Bonchev–Trinajstić information content (AvgIpc) is 1.83. The van der Waals surface area contributed by atoms with Gasteiger partial charge in [-0.2, -0.15) is 0 Å². The van der Waals surface area contributed by atoms with Gasteiger partial charge in [-0.1, -0.05) is 0 Å². The van der Waals surface area contributed by atoms with Crippen molar-refractivity contribution in [2.75, 3.05) is 0 Å². The molecule has 0 amide bonds. The molecule has 0 unspecified atom stereocenters. The summed E-state index contributed by atoms with van der Waals surface area (Å²) in [5.74, 6) is 0. The van der Waals surface area contributed by atoms with Gasteiger partial charge in [0.1, 0.15) is 0 Å². The summed E-state index contributed by atoms with van der Waals surface area (Å²) in [6.07, 6.45) is 3.41. The monoisotopic (exact) mass is 394 g/mol. The molecule has 1 aliphatic heterocycles. The van der Waals surface area contributed by atoms with E-state index in [1.165, 1.54) is 0 Å². The Balaban J connectivity index is 2.99. The molecule has 10 heavy (non-hydrogen) atoms. The van der Waals surface area contributed by atoms with Crippen LogP contribution in [0.2, 0.25) is 0 Å². The molecule has 0 atom stereocenters. The van der Waals surface area contributed by atoms with Crippen LogP contribution in [0.15, 0.2) is 21.3 Å². The van der Waals surface area contributed by atoms with Crippen molar-refractivity contribution in [3.8, 4) is 0 Å². The third kappa shape index (κ3) is 1.87. The van der Waals surface area contributed by atoms with Gasteiger partial charge in [-0.15, -0.1) is 0 Å². The van der Waals surface area contributed by atoms with Gasteiger partial charge >= 0.3 is 0 Å². The van der Waals surface area contributed by atoms with Crippen LogP contribution >= 0.6 is 63.7 Å². The van der Waals surface area contributed by atoms with Crippen LogP contribution in [0.1, 0.15) is 0 Å². The van der Waals surface area contributed by atoms with E-state index in [1.807, 2.05) is 6.08 Å². The lowest BCUT2D eigenvalue weighted by Crippen LogP contribution is -2.16. The number of rotatable bonds is 0. The maximum Gasteiger partial charge on any atom is 0.250 e. The second-order valence-corrected chi connectivity index (χ2v) is 6.54. The number of hydrogen-bond donors (Lipinski definition) is 0. The van der Waals surface area contributed by atoms with Gasteiger partial charge in [0, 0.05) is 4.48 Å². The molecular formula is C5H2Br4O. The Hall–Kier alpha value is 1.20. The summed E-state index contributed by atoms with van der Waals surface area (Å²) in [6.45, 7) is 0. The van der Waals surface area contributed by atoms with Crippen molar-refractivity contribution in [3.63, 3.8) is 0 Å². The van der Waals surface area contributed by atoms with Crippen LogP contribution in [-0.4, -0.2) is 3.42 Å². The Labute approximate surface area is 92.4 Å². The number of hydrogen-bond acceptors (Lipinski definition) is 1. The van der Waals surface area contributed by atoms with Gasteiger partial charge in [0.2, 0.25) is 3.42 Å². The molecular weight excluding hydrogens is 396 g/mol. The SMILES string of the molecule is BrC1=C(Br)C(Br)(Br)OC=C1. The summed E-state index contributed by atoms with van der Waals surface area (Å²) in [4.78, 5) is 0. The molecule has 0 fully saturated rings.